The van der Waals surface area contributed by atoms with Crippen LogP contribution < -0.4 is 5.32 Å². The van der Waals surface area contributed by atoms with Gasteiger partial charge in [-0.25, -0.2) is 4.79 Å². The number of nitrogens with one attached hydrogen (secondary N) is 1. The molecule has 76 valence electrons. The van der Waals surface area contributed by atoms with Crippen LogP contribution in [0.1, 0.15) is 36.0 Å². The zero-order valence-corrected chi connectivity index (χ0v) is 7.91. The van der Waals surface area contributed by atoms with E-state index in [1.165, 1.54) is 6.07 Å². The minimum absolute atomic E-state index is 0.0325. The van der Waals surface area contributed by atoms with Crippen LogP contribution in [0, 0.1) is 0 Å². The van der Waals surface area contributed by atoms with Gasteiger partial charge in [-0.3, -0.25) is 0 Å². The summed E-state index contributed by atoms with van der Waals surface area (Å²) >= 11 is 0. The smallest absolute Gasteiger partial charge is 0.358 e. The van der Waals surface area contributed by atoms with E-state index in [-0.39, 0.29) is 11.2 Å². The molecule has 5 heteroatoms. The molecule has 2 rings (SSSR count). The molecule has 1 unspecified atom stereocenters. The van der Waals surface area contributed by atoms with Crippen LogP contribution in [0.4, 0.5) is 0 Å². The zero-order valence-electron chi connectivity index (χ0n) is 7.91. The molecule has 0 amide bonds. The molecule has 5 nitrogen and oxygen atoms in total. The van der Waals surface area contributed by atoms with Gasteiger partial charge in [0.05, 0.1) is 5.54 Å². The first-order valence-corrected chi connectivity index (χ1v) is 4.57. The molecular formula is C9H12N2O3. The molecular weight excluding hydrogens is 184 g/mol. The number of hydrogen-bond donors (Lipinski definition) is 2. The van der Waals surface area contributed by atoms with Crippen LogP contribution in [-0.2, 0) is 5.54 Å². The second kappa shape index (κ2) is 3.09. The van der Waals surface area contributed by atoms with Crippen molar-refractivity contribution in [1.82, 2.24) is 10.5 Å². The molecule has 0 bridgehead atoms. The Hall–Kier alpha value is -1.36. The molecule has 0 aromatic carbocycles. The number of aromatic nitrogens is 1. The lowest BCUT2D eigenvalue weighted by Gasteiger charge is -2.19. The van der Waals surface area contributed by atoms with Crippen LogP contribution in [-0.4, -0.2) is 22.8 Å². The average molecular weight is 196 g/mol. The van der Waals surface area contributed by atoms with E-state index in [0.29, 0.717) is 5.76 Å². The van der Waals surface area contributed by atoms with Gasteiger partial charge in [-0.15, -0.1) is 0 Å². The SMILES string of the molecule is CC1(c2cc(C(=O)O)no2)CCCN1. The maximum Gasteiger partial charge on any atom is 0.358 e. The molecule has 1 saturated heterocycles. The predicted octanol–water partition coefficient (Wildman–Crippen LogP) is 0.971. The van der Waals surface area contributed by atoms with Crippen molar-refractivity contribution >= 4 is 5.97 Å². The van der Waals surface area contributed by atoms with E-state index in [1.54, 1.807) is 0 Å². The highest BCUT2D eigenvalue weighted by molar-refractivity contribution is 5.85. The number of aromatic carboxylic acids is 1. The lowest BCUT2D eigenvalue weighted by molar-refractivity contribution is 0.0685. The largest absolute Gasteiger partial charge is 0.476 e. The topological polar surface area (TPSA) is 75.4 Å². The maximum absolute atomic E-state index is 10.6. The van der Waals surface area contributed by atoms with Gasteiger partial charge in [-0.2, -0.15) is 0 Å². The molecule has 14 heavy (non-hydrogen) atoms. The Kier molecular flexibility index (Phi) is 2.03. The molecule has 0 saturated carbocycles. The number of carboxylic acids is 1. The van der Waals surface area contributed by atoms with Crippen molar-refractivity contribution in [3.63, 3.8) is 0 Å². The summed E-state index contributed by atoms with van der Waals surface area (Å²) in [5, 5.41) is 15.4. The van der Waals surface area contributed by atoms with E-state index in [2.05, 4.69) is 10.5 Å². The van der Waals surface area contributed by atoms with E-state index >= 15 is 0 Å². The predicted molar refractivity (Wildman–Crippen MR) is 48.1 cm³/mol. The van der Waals surface area contributed by atoms with Crippen molar-refractivity contribution < 1.29 is 14.4 Å². The maximum atomic E-state index is 10.6. The summed E-state index contributed by atoms with van der Waals surface area (Å²) in [4.78, 5) is 10.6. The zero-order chi connectivity index (χ0) is 10.2. The Morgan fingerprint density at radius 2 is 2.57 bits per heavy atom. The number of hydrogen-bond acceptors (Lipinski definition) is 4. The summed E-state index contributed by atoms with van der Waals surface area (Å²) in [6, 6.07) is 1.49. The Bertz CT molecular complexity index is 353. The second-order valence-electron chi connectivity index (χ2n) is 3.74. The van der Waals surface area contributed by atoms with Crippen LogP contribution >= 0.6 is 0 Å². The Morgan fingerprint density at radius 3 is 3.07 bits per heavy atom. The van der Waals surface area contributed by atoms with Gasteiger partial charge in [0.2, 0.25) is 0 Å². The molecule has 1 aromatic rings. The number of rotatable bonds is 2. The molecule has 1 atom stereocenters. The van der Waals surface area contributed by atoms with Gasteiger partial charge >= 0.3 is 5.97 Å². The standard InChI is InChI=1S/C9H12N2O3/c1-9(3-2-4-10-9)7-5-6(8(12)13)11-14-7/h5,10H,2-4H2,1H3,(H,12,13). The highest BCUT2D eigenvalue weighted by Crippen LogP contribution is 2.30. The van der Waals surface area contributed by atoms with Crippen LogP contribution in [0.15, 0.2) is 10.6 Å². The summed E-state index contributed by atoms with van der Waals surface area (Å²) in [6.45, 7) is 2.92. The second-order valence-corrected chi connectivity index (χ2v) is 3.74. The van der Waals surface area contributed by atoms with Crippen molar-refractivity contribution in [1.29, 1.82) is 0 Å². The van der Waals surface area contributed by atoms with Crippen LogP contribution in [0.2, 0.25) is 0 Å². The van der Waals surface area contributed by atoms with Gasteiger partial charge < -0.3 is 14.9 Å². The average Bonchev–Trinajstić information content (AvgIpc) is 2.71. The first-order chi connectivity index (χ1) is 6.62. The first kappa shape index (κ1) is 9.21. The van der Waals surface area contributed by atoms with Crippen molar-refractivity contribution in [2.24, 2.45) is 0 Å². The first-order valence-electron chi connectivity index (χ1n) is 4.57. The van der Waals surface area contributed by atoms with Crippen molar-refractivity contribution in [2.45, 2.75) is 25.3 Å². The lowest BCUT2D eigenvalue weighted by atomic mass is 9.97. The molecule has 0 spiro atoms. The van der Waals surface area contributed by atoms with Crippen molar-refractivity contribution in [3.05, 3.63) is 17.5 Å². The minimum Gasteiger partial charge on any atom is -0.476 e. The van der Waals surface area contributed by atoms with Gasteiger partial charge in [0.25, 0.3) is 0 Å². The van der Waals surface area contributed by atoms with Crippen molar-refractivity contribution in [2.75, 3.05) is 6.54 Å². The Labute approximate surface area is 81.1 Å². The third-order valence-corrected chi connectivity index (χ3v) is 2.64. The molecule has 2 N–H and O–H groups in total. The van der Waals surface area contributed by atoms with Gasteiger partial charge in [-0.1, -0.05) is 5.16 Å². The summed E-state index contributed by atoms with van der Waals surface area (Å²) in [7, 11) is 0. The molecule has 1 fully saturated rings. The summed E-state index contributed by atoms with van der Waals surface area (Å²) in [5.74, 6) is -0.450. The fourth-order valence-corrected chi connectivity index (χ4v) is 1.74. The number of carboxylic acid groups (broad SMARTS) is 1. The molecule has 2 heterocycles. The van der Waals surface area contributed by atoms with Gasteiger partial charge in [0.15, 0.2) is 11.5 Å². The molecule has 0 aliphatic carbocycles. The third kappa shape index (κ3) is 1.39. The van der Waals surface area contributed by atoms with E-state index < -0.39 is 5.97 Å². The fourth-order valence-electron chi connectivity index (χ4n) is 1.74. The normalized spacial score (nSPS) is 26.6. The van der Waals surface area contributed by atoms with Crippen LogP contribution in [0.5, 0.6) is 0 Å². The number of nitrogens with zero attached hydrogens (tertiary/aromatic N) is 1. The minimum atomic E-state index is -1.05. The monoisotopic (exact) mass is 196 g/mol. The quantitative estimate of drug-likeness (QED) is 0.737. The summed E-state index contributed by atoms with van der Waals surface area (Å²) in [6.07, 6.45) is 2.01. The highest BCUT2D eigenvalue weighted by Gasteiger charge is 2.34. The van der Waals surface area contributed by atoms with Gasteiger partial charge in [0.1, 0.15) is 0 Å². The molecule has 1 aromatic heterocycles. The van der Waals surface area contributed by atoms with E-state index in [1.807, 2.05) is 6.92 Å². The Morgan fingerprint density at radius 1 is 1.79 bits per heavy atom. The van der Waals surface area contributed by atoms with E-state index in [0.717, 1.165) is 19.4 Å². The van der Waals surface area contributed by atoms with Crippen molar-refractivity contribution in [3.8, 4) is 0 Å². The third-order valence-electron chi connectivity index (χ3n) is 2.64. The molecule has 0 radical (unpaired) electrons. The summed E-state index contributed by atoms with van der Waals surface area (Å²) in [5.41, 5.74) is -0.282. The number of carbonyl (C=O) groups is 1. The van der Waals surface area contributed by atoms with Gasteiger partial charge in [0, 0.05) is 6.07 Å². The molecule has 1 aliphatic rings. The highest BCUT2D eigenvalue weighted by atomic mass is 16.5. The fraction of sp³-hybridized carbons (Fsp3) is 0.556. The van der Waals surface area contributed by atoms with E-state index in [4.69, 9.17) is 9.63 Å². The molecule has 1 aliphatic heterocycles. The lowest BCUT2D eigenvalue weighted by Crippen LogP contribution is -2.32. The summed E-state index contributed by atoms with van der Waals surface area (Å²) < 4.78 is 5.02. The van der Waals surface area contributed by atoms with E-state index in [9.17, 15) is 4.79 Å². The Balaban J connectivity index is 2.28. The van der Waals surface area contributed by atoms with Gasteiger partial charge in [-0.05, 0) is 26.3 Å². The van der Waals surface area contributed by atoms with Crippen LogP contribution in [0.3, 0.4) is 0 Å². The van der Waals surface area contributed by atoms with Crippen LogP contribution in [0.25, 0.3) is 0 Å².